The second-order valence-corrected chi connectivity index (χ2v) is 8.17. The van der Waals surface area contributed by atoms with Crippen LogP contribution in [0.2, 0.25) is 0 Å². The molecule has 0 spiro atoms. The molecule has 1 aromatic heterocycles. The fourth-order valence-electron chi connectivity index (χ4n) is 4.21. The molecule has 0 bridgehead atoms. The Morgan fingerprint density at radius 1 is 1.16 bits per heavy atom. The number of hydrazone groups is 1. The molecule has 7 nitrogen and oxygen atoms in total. The van der Waals surface area contributed by atoms with E-state index in [9.17, 15) is 4.79 Å². The standard InChI is InChI=1S/C24H26N4O3.ClH/c1-2-15-13-22(29)27-28-23(15)17-7-10-20-21(12-17)31-24(26-20)16-5-8-19(9-6-16)30-14-18-4-3-11-25-18;/h5-10,12,15,18,25H,2-4,11,13-14H2,1H3,(H,27,29);1H/t15?,18-;/m0./s1. The van der Waals surface area contributed by atoms with Crippen molar-refractivity contribution in [2.24, 2.45) is 11.0 Å². The van der Waals surface area contributed by atoms with Crippen molar-refractivity contribution in [3.05, 3.63) is 48.0 Å². The van der Waals surface area contributed by atoms with Gasteiger partial charge in [0.05, 0.1) is 5.71 Å². The first kappa shape index (κ1) is 22.3. The van der Waals surface area contributed by atoms with Gasteiger partial charge in [0.25, 0.3) is 0 Å². The number of halogens is 1. The van der Waals surface area contributed by atoms with Crippen LogP contribution in [0.3, 0.4) is 0 Å². The Morgan fingerprint density at radius 2 is 1.97 bits per heavy atom. The average molecular weight is 455 g/mol. The molecule has 0 radical (unpaired) electrons. The zero-order valence-corrected chi connectivity index (χ0v) is 18.8. The maximum absolute atomic E-state index is 11.7. The molecule has 2 aliphatic rings. The number of benzene rings is 2. The number of amides is 1. The van der Waals surface area contributed by atoms with Gasteiger partial charge in [-0.3, -0.25) is 4.79 Å². The van der Waals surface area contributed by atoms with E-state index in [2.05, 4.69) is 27.8 Å². The number of hydrogen-bond donors (Lipinski definition) is 2. The van der Waals surface area contributed by atoms with Crippen molar-refractivity contribution < 1.29 is 13.9 Å². The van der Waals surface area contributed by atoms with Crippen LogP contribution in [0.1, 0.15) is 38.2 Å². The average Bonchev–Trinajstić information content (AvgIpc) is 3.47. The zero-order chi connectivity index (χ0) is 21.2. The quantitative estimate of drug-likeness (QED) is 0.579. The minimum Gasteiger partial charge on any atom is -0.492 e. The summed E-state index contributed by atoms with van der Waals surface area (Å²) in [5, 5.41) is 7.73. The van der Waals surface area contributed by atoms with Gasteiger partial charge in [0, 0.05) is 29.5 Å². The molecule has 1 unspecified atom stereocenters. The van der Waals surface area contributed by atoms with Crippen molar-refractivity contribution in [3.8, 4) is 17.2 Å². The van der Waals surface area contributed by atoms with Gasteiger partial charge in [-0.25, -0.2) is 10.4 Å². The highest BCUT2D eigenvalue weighted by molar-refractivity contribution is 6.07. The Kier molecular flexibility index (Phi) is 6.77. The van der Waals surface area contributed by atoms with Gasteiger partial charge in [-0.05, 0) is 62.2 Å². The third kappa shape index (κ3) is 4.64. The lowest BCUT2D eigenvalue weighted by Crippen LogP contribution is -2.33. The lowest BCUT2D eigenvalue weighted by Gasteiger charge is -2.21. The highest BCUT2D eigenvalue weighted by Crippen LogP contribution is 2.28. The predicted octanol–water partition coefficient (Wildman–Crippen LogP) is 4.30. The van der Waals surface area contributed by atoms with E-state index in [1.165, 1.54) is 12.8 Å². The summed E-state index contributed by atoms with van der Waals surface area (Å²) in [5.74, 6) is 1.49. The second-order valence-electron chi connectivity index (χ2n) is 8.17. The molecule has 3 aromatic rings. The van der Waals surface area contributed by atoms with E-state index < -0.39 is 0 Å². The number of oxazole rings is 1. The normalized spacial score (nSPS) is 20.5. The molecule has 0 saturated carbocycles. The molecule has 168 valence electrons. The Morgan fingerprint density at radius 3 is 2.72 bits per heavy atom. The van der Waals surface area contributed by atoms with Crippen molar-refractivity contribution in [3.63, 3.8) is 0 Å². The van der Waals surface area contributed by atoms with E-state index in [4.69, 9.17) is 9.15 Å². The fourth-order valence-corrected chi connectivity index (χ4v) is 4.21. The van der Waals surface area contributed by atoms with E-state index in [1.54, 1.807) is 0 Å². The molecule has 1 saturated heterocycles. The van der Waals surface area contributed by atoms with Gasteiger partial charge in [-0.1, -0.05) is 13.0 Å². The van der Waals surface area contributed by atoms with Crippen molar-refractivity contribution in [1.82, 2.24) is 15.7 Å². The van der Waals surface area contributed by atoms with Crippen LogP contribution >= 0.6 is 12.4 Å². The van der Waals surface area contributed by atoms with Crippen LogP contribution in [0.25, 0.3) is 22.6 Å². The summed E-state index contributed by atoms with van der Waals surface area (Å²) in [4.78, 5) is 16.3. The van der Waals surface area contributed by atoms with Gasteiger partial charge in [-0.2, -0.15) is 5.10 Å². The molecule has 3 heterocycles. The van der Waals surface area contributed by atoms with Gasteiger partial charge < -0.3 is 14.5 Å². The third-order valence-electron chi connectivity index (χ3n) is 6.01. The van der Waals surface area contributed by atoms with E-state index in [1.807, 2.05) is 42.5 Å². The molecule has 1 amide bonds. The fraction of sp³-hybridized carbons (Fsp3) is 0.375. The Hall–Kier alpha value is -2.90. The van der Waals surface area contributed by atoms with Gasteiger partial charge in [0.1, 0.15) is 17.9 Å². The SMILES string of the molecule is CCC1CC(=O)NN=C1c1ccc2nc(-c3ccc(OC[C@@H]4CCCN4)cc3)oc2c1.Cl. The minimum absolute atomic E-state index is 0. The summed E-state index contributed by atoms with van der Waals surface area (Å²) in [6.45, 7) is 3.84. The van der Waals surface area contributed by atoms with Crippen LogP contribution in [-0.2, 0) is 4.79 Å². The molecular formula is C24H27ClN4O3. The second kappa shape index (κ2) is 9.71. The monoisotopic (exact) mass is 454 g/mol. The number of ether oxygens (including phenoxy) is 1. The molecule has 2 atom stereocenters. The van der Waals surface area contributed by atoms with E-state index >= 15 is 0 Å². The number of carbonyl (C=O) groups excluding carboxylic acids is 1. The molecule has 1 fully saturated rings. The molecule has 2 aliphatic heterocycles. The number of rotatable bonds is 6. The van der Waals surface area contributed by atoms with Crippen molar-refractivity contribution >= 4 is 35.1 Å². The predicted molar refractivity (Wildman–Crippen MR) is 126 cm³/mol. The summed E-state index contributed by atoms with van der Waals surface area (Å²) in [5.41, 5.74) is 6.83. The number of nitrogens with one attached hydrogen (secondary N) is 2. The number of nitrogens with zero attached hydrogens (tertiary/aromatic N) is 2. The smallest absolute Gasteiger partial charge is 0.240 e. The summed E-state index contributed by atoms with van der Waals surface area (Å²) in [6.07, 6.45) is 3.70. The molecule has 2 N–H and O–H groups in total. The first-order valence-corrected chi connectivity index (χ1v) is 10.9. The Balaban J connectivity index is 0.00000245. The van der Waals surface area contributed by atoms with Crippen LogP contribution in [0.15, 0.2) is 52.0 Å². The molecule has 0 aliphatic carbocycles. The van der Waals surface area contributed by atoms with Crippen LogP contribution in [0.5, 0.6) is 5.75 Å². The molecule has 2 aromatic carbocycles. The van der Waals surface area contributed by atoms with Crippen LogP contribution in [0, 0.1) is 5.92 Å². The lowest BCUT2D eigenvalue weighted by molar-refractivity contribution is -0.122. The van der Waals surface area contributed by atoms with E-state index in [0.717, 1.165) is 41.1 Å². The first-order valence-electron chi connectivity index (χ1n) is 10.9. The number of carbonyl (C=O) groups is 1. The van der Waals surface area contributed by atoms with Crippen LogP contribution < -0.4 is 15.5 Å². The summed E-state index contributed by atoms with van der Waals surface area (Å²) < 4.78 is 11.9. The van der Waals surface area contributed by atoms with Gasteiger partial charge in [0.2, 0.25) is 11.8 Å². The number of hydrogen-bond acceptors (Lipinski definition) is 6. The Labute approximate surface area is 193 Å². The van der Waals surface area contributed by atoms with Gasteiger partial charge in [0.15, 0.2) is 5.58 Å². The van der Waals surface area contributed by atoms with Crippen molar-refractivity contribution in [1.29, 1.82) is 0 Å². The third-order valence-corrected chi connectivity index (χ3v) is 6.01. The molecule has 8 heteroatoms. The minimum atomic E-state index is -0.0365. The lowest BCUT2D eigenvalue weighted by atomic mass is 9.90. The van der Waals surface area contributed by atoms with E-state index in [0.29, 0.717) is 30.5 Å². The molecule has 32 heavy (non-hydrogen) atoms. The van der Waals surface area contributed by atoms with Crippen LogP contribution in [-0.4, -0.2) is 35.8 Å². The maximum atomic E-state index is 11.7. The van der Waals surface area contributed by atoms with Gasteiger partial charge in [-0.15, -0.1) is 12.4 Å². The topological polar surface area (TPSA) is 88.8 Å². The number of fused-ring (bicyclic) bond motifs is 1. The van der Waals surface area contributed by atoms with Gasteiger partial charge >= 0.3 is 0 Å². The van der Waals surface area contributed by atoms with E-state index in [-0.39, 0.29) is 24.2 Å². The van der Waals surface area contributed by atoms with Crippen LogP contribution in [0.4, 0.5) is 0 Å². The summed E-state index contributed by atoms with van der Waals surface area (Å²) in [6, 6.07) is 14.2. The highest BCUT2D eigenvalue weighted by Gasteiger charge is 2.24. The summed E-state index contributed by atoms with van der Waals surface area (Å²) >= 11 is 0. The highest BCUT2D eigenvalue weighted by atomic mass is 35.5. The maximum Gasteiger partial charge on any atom is 0.240 e. The molecule has 5 rings (SSSR count). The van der Waals surface area contributed by atoms with Crippen molar-refractivity contribution in [2.75, 3.05) is 13.2 Å². The van der Waals surface area contributed by atoms with Crippen molar-refractivity contribution in [2.45, 2.75) is 38.6 Å². The number of aromatic nitrogens is 1. The zero-order valence-electron chi connectivity index (χ0n) is 18.0. The first-order chi connectivity index (χ1) is 15.2. The largest absolute Gasteiger partial charge is 0.492 e. The molecular weight excluding hydrogens is 428 g/mol. The summed E-state index contributed by atoms with van der Waals surface area (Å²) in [7, 11) is 0. The Bertz CT molecular complexity index is 1120.